The highest BCUT2D eigenvalue weighted by Crippen LogP contribution is 2.75. The maximum atomic E-state index is 12.9. The lowest BCUT2D eigenvalue weighted by Crippen LogP contribution is -2.64. The van der Waals surface area contributed by atoms with Gasteiger partial charge in [0.15, 0.2) is 0 Å². The van der Waals surface area contributed by atoms with E-state index in [4.69, 9.17) is 0 Å². The molecule has 0 aliphatic heterocycles. The summed E-state index contributed by atoms with van der Waals surface area (Å²) in [6.45, 7) is 16.6. The predicted octanol–water partition coefficient (Wildman–Crippen LogP) is 7.44. The van der Waals surface area contributed by atoms with Gasteiger partial charge in [0.05, 0.1) is 5.41 Å². The van der Waals surface area contributed by atoms with Crippen LogP contribution in [0.5, 0.6) is 0 Å². The Morgan fingerprint density at radius 2 is 1.58 bits per heavy atom. The standard InChI is InChI=1S/C30H46O3/c1-25(2)14-16-30(24(32)33)17-15-28(6)19(20(30)18-25)8-9-22-27(5)12-11-23(31)26(3,4)21(27)10-13-29(22,28)7/h8,20-22H,9-18H2,1-7H3,(H,32,33)/t20-,21-,22+,27-,28+,29+,30-/m0/s1. The number of aliphatic carboxylic acids is 1. The zero-order chi connectivity index (χ0) is 24.2. The Kier molecular flexibility index (Phi) is 4.83. The van der Waals surface area contributed by atoms with E-state index in [1.807, 2.05) is 0 Å². The third kappa shape index (κ3) is 2.80. The van der Waals surface area contributed by atoms with Crippen molar-refractivity contribution >= 4 is 11.8 Å². The molecule has 184 valence electrons. The number of ketones is 1. The topological polar surface area (TPSA) is 54.4 Å². The molecule has 1 N–H and O–H groups in total. The van der Waals surface area contributed by atoms with Gasteiger partial charge in [-0.25, -0.2) is 0 Å². The fourth-order valence-corrected chi connectivity index (χ4v) is 10.4. The lowest BCUT2D eigenvalue weighted by molar-refractivity contribution is -0.189. The van der Waals surface area contributed by atoms with Gasteiger partial charge in [0.25, 0.3) is 0 Å². The van der Waals surface area contributed by atoms with Gasteiger partial charge in [0.2, 0.25) is 0 Å². The van der Waals surface area contributed by atoms with Crippen LogP contribution in [0.2, 0.25) is 0 Å². The summed E-state index contributed by atoms with van der Waals surface area (Å²) in [5, 5.41) is 10.5. The van der Waals surface area contributed by atoms with Crippen LogP contribution in [0.4, 0.5) is 0 Å². The molecule has 0 aromatic heterocycles. The number of hydrogen-bond acceptors (Lipinski definition) is 2. The molecular weight excluding hydrogens is 408 g/mol. The molecule has 0 unspecified atom stereocenters. The number of Topliss-reactive ketones (excluding diaryl/α,β-unsaturated/α-hetero) is 1. The zero-order valence-corrected chi connectivity index (χ0v) is 22.1. The predicted molar refractivity (Wildman–Crippen MR) is 132 cm³/mol. The Morgan fingerprint density at radius 1 is 0.909 bits per heavy atom. The van der Waals surface area contributed by atoms with Crippen LogP contribution in [-0.4, -0.2) is 16.9 Å². The number of carboxylic acid groups (broad SMARTS) is 1. The number of carbonyl (C=O) groups is 2. The summed E-state index contributed by atoms with van der Waals surface area (Å²) >= 11 is 0. The van der Waals surface area contributed by atoms with Crippen molar-refractivity contribution in [2.75, 3.05) is 0 Å². The number of hydrogen-bond donors (Lipinski definition) is 1. The number of fused-ring (bicyclic) bond motifs is 7. The number of rotatable bonds is 1. The normalized spacial score (nSPS) is 50.2. The Balaban J connectivity index is 1.60. The van der Waals surface area contributed by atoms with Crippen LogP contribution in [0.3, 0.4) is 0 Å². The van der Waals surface area contributed by atoms with Gasteiger partial charge in [-0.05, 0) is 97.2 Å². The van der Waals surface area contributed by atoms with E-state index in [1.54, 1.807) is 0 Å². The quantitative estimate of drug-likeness (QED) is 0.419. The average molecular weight is 455 g/mol. The molecule has 3 nitrogen and oxygen atoms in total. The highest BCUT2D eigenvalue weighted by Gasteiger charge is 2.69. The number of allylic oxidation sites excluding steroid dienone is 2. The largest absolute Gasteiger partial charge is 0.481 e. The summed E-state index contributed by atoms with van der Waals surface area (Å²) in [6, 6.07) is 0. The first-order chi connectivity index (χ1) is 15.1. The Hall–Kier alpha value is -1.12. The van der Waals surface area contributed by atoms with Gasteiger partial charge < -0.3 is 5.11 Å². The van der Waals surface area contributed by atoms with Gasteiger partial charge >= 0.3 is 5.97 Å². The molecule has 5 rings (SSSR count). The second-order valence-corrected chi connectivity index (χ2v) is 14.8. The summed E-state index contributed by atoms with van der Waals surface area (Å²) in [7, 11) is 0. The molecule has 0 saturated heterocycles. The fraction of sp³-hybridized carbons (Fsp3) is 0.867. The van der Waals surface area contributed by atoms with Crippen molar-refractivity contribution in [1.29, 1.82) is 0 Å². The summed E-state index contributed by atoms with van der Waals surface area (Å²) in [4.78, 5) is 25.6. The molecular formula is C30H46O3. The van der Waals surface area contributed by atoms with Crippen molar-refractivity contribution in [3.63, 3.8) is 0 Å². The smallest absolute Gasteiger partial charge is 0.310 e. The molecule has 33 heavy (non-hydrogen) atoms. The molecule has 7 atom stereocenters. The first-order valence-corrected chi connectivity index (χ1v) is 13.6. The third-order valence-electron chi connectivity index (χ3n) is 12.8. The van der Waals surface area contributed by atoms with Crippen LogP contribution in [0, 0.1) is 50.2 Å². The lowest BCUT2D eigenvalue weighted by atomic mass is 9.33. The van der Waals surface area contributed by atoms with Gasteiger partial charge in [-0.2, -0.15) is 0 Å². The van der Waals surface area contributed by atoms with E-state index < -0.39 is 11.4 Å². The summed E-state index contributed by atoms with van der Waals surface area (Å²) in [5.74, 6) is 1.10. The molecule has 4 saturated carbocycles. The monoisotopic (exact) mass is 454 g/mol. The van der Waals surface area contributed by atoms with Crippen molar-refractivity contribution in [1.82, 2.24) is 0 Å². The summed E-state index contributed by atoms with van der Waals surface area (Å²) < 4.78 is 0. The van der Waals surface area contributed by atoms with E-state index in [-0.39, 0.29) is 33.0 Å². The fourth-order valence-electron chi connectivity index (χ4n) is 10.4. The Labute approximate surface area is 201 Å². The van der Waals surface area contributed by atoms with Crippen molar-refractivity contribution in [2.45, 2.75) is 113 Å². The minimum absolute atomic E-state index is 0.0620. The second kappa shape index (κ2) is 6.76. The van der Waals surface area contributed by atoms with E-state index in [9.17, 15) is 14.7 Å². The van der Waals surface area contributed by atoms with Crippen LogP contribution < -0.4 is 0 Å². The third-order valence-corrected chi connectivity index (χ3v) is 12.8. The van der Waals surface area contributed by atoms with Crippen molar-refractivity contribution < 1.29 is 14.7 Å². The summed E-state index contributed by atoms with van der Waals surface area (Å²) in [6.07, 6.45) is 12.3. The molecule has 5 aliphatic rings. The lowest BCUT2D eigenvalue weighted by Gasteiger charge is -2.70. The molecule has 0 radical (unpaired) electrons. The Morgan fingerprint density at radius 3 is 2.24 bits per heavy atom. The molecule has 4 fully saturated rings. The summed E-state index contributed by atoms with van der Waals surface area (Å²) in [5.41, 5.74) is 1.33. The van der Waals surface area contributed by atoms with Crippen molar-refractivity contribution in [3.8, 4) is 0 Å². The Bertz CT molecular complexity index is 927. The number of carboxylic acids is 1. The second-order valence-electron chi connectivity index (χ2n) is 14.8. The van der Waals surface area contributed by atoms with Crippen molar-refractivity contribution in [3.05, 3.63) is 11.6 Å². The van der Waals surface area contributed by atoms with Crippen LogP contribution in [0.25, 0.3) is 0 Å². The average Bonchev–Trinajstić information content (AvgIpc) is 2.71. The first kappa shape index (κ1) is 23.6. The molecule has 0 bridgehead atoms. The molecule has 0 aromatic carbocycles. The van der Waals surface area contributed by atoms with Gasteiger partial charge in [0, 0.05) is 11.8 Å². The van der Waals surface area contributed by atoms with E-state index in [1.165, 1.54) is 12.0 Å². The maximum absolute atomic E-state index is 12.9. The molecule has 3 heteroatoms. The van der Waals surface area contributed by atoms with Crippen LogP contribution in [0.15, 0.2) is 11.6 Å². The van der Waals surface area contributed by atoms with Gasteiger partial charge in [-0.15, -0.1) is 0 Å². The van der Waals surface area contributed by atoms with Crippen LogP contribution in [0.1, 0.15) is 113 Å². The molecule has 0 spiro atoms. The van der Waals surface area contributed by atoms with Gasteiger partial charge in [-0.3, -0.25) is 9.59 Å². The van der Waals surface area contributed by atoms with E-state index >= 15 is 0 Å². The first-order valence-electron chi connectivity index (χ1n) is 13.6. The highest BCUT2D eigenvalue weighted by molar-refractivity contribution is 5.85. The van der Waals surface area contributed by atoms with E-state index in [0.29, 0.717) is 17.6 Å². The van der Waals surface area contributed by atoms with E-state index in [2.05, 4.69) is 54.5 Å². The maximum Gasteiger partial charge on any atom is 0.310 e. The van der Waals surface area contributed by atoms with Gasteiger partial charge in [0.1, 0.15) is 5.78 Å². The highest BCUT2D eigenvalue weighted by atomic mass is 16.4. The molecule has 0 amide bonds. The minimum Gasteiger partial charge on any atom is -0.481 e. The minimum atomic E-state index is -0.565. The number of carbonyl (C=O) groups excluding carboxylic acids is 1. The van der Waals surface area contributed by atoms with Crippen LogP contribution in [-0.2, 0) is 9.59 Å². The SMILES string of the molecule is CC1(C)CC[C@]2(C(=O)O)CC[C@]3(C)C(=CC[C@@H]4[C@@]5(C)CCC(=O)C(C)(C)[C@@H]5CC[C@]43C)[C@@H]2C1. The zero-order valence-electron chi connectivity index (χ0n) is 22.1. The molecule has 0 heterocycles. The van der Waals surface area contributed by atoms with E-state index in [0.717, 1.165) is 57.8 Å². The molecule has 5 aliphatic carbocycles. The van der Waals surface area contributed by atoms with Gasteiger partial charge in [-0.1, -0.05) is 60.1 Å². The molecule has 0 aromatic rings. The van der Waals surface area contributed by atoms with Crippen LogP contribution >= 0.6 is 0 Å². The van der Waals surface area contributed by atoms with Crippen molar-refractivity contribution in [2.24, 2.45) is 50.2 Å².